The van der Waals surface area contributed by atoms with Crippen LogP contribution in [0.5, 0.6) is 0 Å². The minimum atomic E-state index is 0.459. The molecular weight excluding hydrogens is 284 g/mol. The number of hydrogen-bond donors (Lipinski definition) is 2. The minimum absolute atomic E-state index is 0.459. The van der Waals surface area contributed by atoms with Crippen molar-refractivity contribution >= 4 is 45.4 Å². The van der Waals surface area contributed by atoms with Gasteiger partial charge in [-0.2, -0.15) is 11.8 Å². The summed E-state index contributed by atoms with van der Waals surface area (Å²) in [6.07, 6.45) is 2.55. The van der Waals surface area contributed by atoms with E-state index < -0.39 is 0 Å². The fourth-order valence-electron chi connectivity index (χ4n) is 2.71. The fraction of sp³-hybridized carbons (Fsp3) is 0.312. The summed E-state index contributed by atoms with van der Waals surface area (Å²) in [5, 5.41) is 6.02. The van der Waals surface area contributed by atoms with Crippen LogP contribution in [-0.4, -0.2) is 22.5 Å². The van der Waals surface area contributed by atoms with Crippen LogP contribution in [0.1, 0.15) is 18.4 Å². The first-order chi connectivity index (χ1) is 9.75. The molecule has 2 nitrogen and oxygen atoms in total. The number of rotatable bonds is 3. The molecule has 3 N–H and O–H groups in total. The maximum Gasteiger partial charge on any atom is 0.104 e. The number of anilines is 1. The summed E-state index contributed by atoms with van der Waals surface area (Å²) in [5.41, 5.74) is 7.97. The lowest BCUT2D eigenvalue weighted by Crippen LogP contribution is -2.25. The molecule has 0 aromatic heterocycles. The van der Waals surface area contributed by atoms with E-state index in [1.54, 1.807) is 0 Å². The molecule has 1 saturated heterocycles. The largest absolute Gasteiger partial charge is 0.389 e. The highest BCUT2D eigenvalue weighted by molar-refractivity contribution is 7.99. The molecule has 2 aromatic rings. The Balaban J connectivity index is 1.99. The molecule has 0 amide bonds. The second-order valence-corrected chi connectivity index (χ2v) is 6.72. The average molecular weight is 302 g/mol. The topological polar surface area (TPSA) is 38.0 Å². The molecule has 0 saturated carbocycles. The molecule has 1 fully saturated rings. The molecule has 1 unspecified atom stereocenters. The van der Waals surface area contributed by atoms with E-state index in [1.165, 1.54) is 35.4 Å². The van der Waals surface area contributed by atoms with E-state index in [-0.39, 0.29) is 0 Å². The van der Waals surface area contributed by atoms with Gasteiger partial charge in [-0.25, -0.2) is 0 Å². The van der Waals surface area contributed by atoms with Crippen molar-refractivity contribution in [1.82, 2.24) is 0 Å². The van der Waals surface area contributed by atoms with Gasteiger partial charge in [-0.1, -0.05) is 36.5 Å². The first-order valence-electron chi connectivity index (χ1n) is 6.91. The lowest BCUT2D eigenvalue weighted by molar-refractivity contribution is 0.686. The van der Waals surface area contributed by atoms with E-state index in [0.717, 1.165) is 10.9 Å². The molecule has 3 rings (SSSR count). The molecule has 0 bridgehead atoms. The highest BCUT2D eigenvalue weighted by Gasteiger charge is 2.15. The molecule has 0 spiro atoms. The second-order valence-electron chi connectivity index (χ2n) is 5.13. The Morgan fingerprint density at radius 3 is 2.70 bits per heavy atom. The smallest absolute Gasteiger partial charge is 0.104 e. The molecule has 20 heavy (non-hydrogen) atoms. The van der Waals surface area contributed by atoms with Gasteiger partial charge < -0.3 is 11.1 Å². The predicted molar refractivity (Wildman–Crippen MR) is 93.8 cm³/mol. The molecule has 2 aromatic carbocycles. The van der Waals surface area contributed by atoms with Gasteiger partial charge >= 0.3 is 0 Å². The van der Waals surface area contributed by atoms with Gasteiger partial charge in [0.25, 0.3) is 0 Å². The highest BCUT2D eigenvalue weighted by Crippen LogP contribution is 2.29. The first kappa shape index (κ1) is 13.7. The molecule has 1 aliphatic rings. The van der Waals surface area contributed by atoms with E-state index in [9.17, 15) is 0 Å². The van der Waals surface area contributed by atoms with Crippen molar-refractivity contribution in [2.24, 2.45) is 5.73 Å². The summed E-state index contributed by atoms with van der Waals surface area (Å²) in [6, 6.07) is 13.0. The molecule has 1 heterocycles. The lowest BCUT2D eigenvalue weighted by atomic mass is 10.0. The van der Waals surface area contributed by atoms with Crippen molar-refractivity contribution in [3.8, 4) is 0 Å². The van der Waals surface area contributed by atoms with Gasteiger partial charge in [0.15, 0.2) is 0 Å². The van der Waals surface area contributed by atoms with Gasteiger partial charge in [0.2, 0.25) is 0 Å². The first-order valence-corrected chi connectivity index (χ1v) is 8.48. The monoisotopic (exact) mass is 302 g/mol. The molecule has 1 atom stereocenters. The Morgan fingerprint density at radius 1 is 1.20 bits per heavy atom. The average Bonchev–Trinajstić information content (AvgIpc) is 2.48. The summed E-state index contributed by atoms with van der Waals surface area (Å²) >= 11 is 7.18. The SMILES string of the molecule is NC(=S)c1ccc(NC2CCCSC2)c2ccccc12. The van der Waals surface area contributed by atoms with Gasteiger partial charge in [0.1, 0.15) is 4.99 Å². The van der Waals surface area contributed by atoms with Crippen LogP contribution in [0.15, 0.2) is 36.4 Å². The number of nitrogens with two attached hydrogens (primary N) is 1. The van der Waals surface area contributed by atoms with Crippen LogP contribution in [0, 0.1) is 0 Å². The van der Waals surface area contributed by atoms with Crippen LogP contribution in [0.4, 0.5) is 5.69 Å². The number of fused-ring (bicyclic) bond motifs is 1. The number of hydrogen-bond acceptors (Lipinski definition) is 3. The molecule has 1 aliphatic heterocycles. The van der Waals surface area contributed by atoms with Crippen LogP contribution in [0.25, 0.3) is 10.8 Å². The van der Waals surface area contributed by atoms with E-state index in [2.05, 4.69) is 29.6 Å². The third-order valence-corrected chi connectivity index (χ3v) is 5.14. The minimum Gasteiger partial charge on any atom is -0.389 e. The Morgan fingerprint density at radius 2 is 2.00 bits per heavy atom. The zero-order chi connectivity index (χ0) is 13.9. The predicted octanol–water partition coefficient (Wildman–Crippen LogP) is 3.78. The third kappa shape index (κ3) is 2.76. The van der Waals surface area contributed by atoms with E-state index in [1.807, 2.05) is 23.9 Å². The number of thioether (sulfide) groups is 1. The van der Waals surface area contributed by atoms with E-state index >= 15 is 0 Å². The summed E-state index contributed by atoms with van der Waals surface area (Å²) in [7, 11) is 0. The summed E-state index contributed by atoms with van der Waals surface area (Å²) < 4.78 is 0. The third-order valence-electron chi connectivity index (χ3n) is 3.71. The zero-order valence-corrected chi connectivity index (χ0v) is 12.9. The van der Waals surface area contributed by atoms with Crippen molar-refractivity contribution < 1.29 is 0 Å². The Hall–Kier alpha value is -1.26. The molecule has 104 valence electrons. The maximum absolute atomic E-state index is 5.82. The van der Waals surface area contributed by atoms with Gasteiger partial charge in [-0.05, 0) is 36.1 Å². The van der Waals surface area contributed by atoms with Crippen LogP contribution in [-0.2, 0) is 0 Å². The number of thiocarbonyl (C=S) groups is 1. The second kappa shape index (κ2) is 6.02. The summed E-state index contributed by atoms with van der Waals surface area (Å²) in [6.45, 7) is 0. The van der Waals surface area contributed by atoms with E-state index in [4.69, 9.17) is 18.0 Å². The number of nitrogens with one attached hydrogen (secondary N) is 1. The van der Waals surface area contributed by atoms with Crippen molar-refractivity contribution in [2.45, 2.75) is 18.9 Å². The fourth-order valence-corrected chi connectivity index (χ4v) is 3.96. The maximum atomic E-state index is 5.82. The van der Waals surface area contributed by atoms with Crippen molar-refractivity contribution in [2.75, 3.05) is 16.8 Å². The van der Waals surface area contributed by atoms with Crippen LogP contribution in [0.3, 0.4) is 0 Å². The molecule has 0 aliphatic carbocycles. The van der Waals surface area contributed by atoms with Crippen molar-refractivity contribution in [3.05, 3.63) is 42.0 Å². The van der Waals surface area contributed by atoms with Crippen molar-refractivity contribution in [1.29, 1.82) is 0 Å². The van der Waals surface area contributed by atoms with Crippen LogP contribution in [0.2, 0.25) is 0 Å². The van der Waals surface area contributed by atoms with Gasteiger partial charge in [-0.15, -0.1) is 0 Å². The van der Waals surface area contributed by atoms with Crippen molar-refractivity contribution in [3.63, 3.8) is 0 Å². The standard InChI is InChI=1S/C16H18N2S2/c17-16(19)14-7-8-15(13-6-2-1-5-12(13)14)18-11-4-3-9-20-10-11/h1-2,5-8,11,18H,3-4,9-10H2,(H2,17,19). The quantitative estimate of drug-likeness (QED) is 0.846. The van der Waals surface area contributed by atoms with Crippen LogP contribution < -0.4 is 11.1 Å². The van der Waals surface area contributed by atoms with E-state index in [0.29, 0.717) is 11.0 Å². The zero-order valence-electron chi connectivity index (χ0n) is 11.3. The normalized spacial score (nSPS) is 18.9. The van der Waals surface area contributed by atoms with Crippen LogP contribution >= 0.6 is 24.0 Å². The molecule has 0 radical (unpaired) electrons. The Bertz CT molecular complexity index is 633. The summed E-state index contributed by atoms with van der Waals surface area (Å²) in [5.74, 6) is 2.48. The van der Waals surface area contributed by atoms with Gasteiger partial charge in [-0.3, -0.25) is 0 Å². The Kier molecular flexibility index (Phi) is 4.13. The Labute approximate surface area is 129 Å². The summed E-state index contributed by atoms with van der Waals surface area (Å²) in [4.78, 5) is 0.459. The molecule has 4 heteroatoms. The van der Waals surface area contributed by atoms with Gasteiger partial charge in [0.05, 0.1) is 0 Å². The van der Waals surface area contributed by atoms with Gasteiger partial charge in [0, 0.05) is 28.4 Å². The molecular formula is C16H18N2S2. The highest BCUT2D eigenvalue weighted by atomic mass is 32.2. The lowest BCUT2D eigenvalue weighted by Gasteiger charge is -2.24. The number of benzene rings is 2.